The summed E-state index contributed by atoms with van der Waals surface area (Å²) >= 11 is 0. The van der Waals surface area contributed by atoms with Crippen molar-refractivity contribution < 1.29 is 22.7 Å². The molecule has 1 N–H and O–H groups in total. The predicted molar refractivity (Wildman–Crippen MR) is 93.7 cm³/mol. The highest BCUT2D eigenvalue weighted by Crippen LogP contribution is 2.30. The summed E-state index contributed by atoms with van der Waals surface area (Å²) in [6.45, 7) is 0.982. The van der Waals surface area contributed by atoms with Crippen LogP contribution in [0.4, 0.5) is 18.9 Å². The number of carbonyl (C=O) groups excluding carboxylic acids is 1. The highest BCUT2D eigenvalue weighted by molar-refractivity contribution is 5.88. The van der Waals surface area contributed by atoms with Crippen LogP contribution in [0.25, 0.3) is 11.3 Å². The predicted octanol–water partition coefficient (Wildman–Crippen LogP) is 3.21. The number of amides is 1. The van der Waals surface area contributed by atoms with E-state index in [2.05, 4.69) is 15.5 Å². The molecule has 0 bridgehead atoms. The second-order valence-corrected chi connectivity index (χ2v) is 6.51. The van der Waals surface area contributed by atoms with Gasteiger partial charge < -0.3 is 10.1 Å². The van der Waals surface area contributed by atoms with Crippen molar-refractivity contribution in [3.63, 3.8) is 0 Å². The average Bonchev–Trinajstić information content (AvgIpc) is 3.16. The fourth-order valence-electron chi connectivity index (χ4n) is 3.03. The molecule has 1 aromatic carbocycles. The van der Waals surface area contributed by atoms with Crippen molar-refractivity contribution in [2.24, 2.45) is 0 Å². The highest BCUT2D eigenvalue weighted by atomic mass is 19.4. The maximum absolute atomic E-state index is 12.5. The Bertz CT molecular complexity index is 1040. The van der Waals surface area contributed by atoms with Crippen LogP contribution in [0, 0.1) is 0 Å². The molecule has 1 aliphatic heterocycles. The smallest absolute Gasteiger partial charge is 0.408 e. The molecule has 10 heteroatoms. The van der Waals surface area contributed by atoms with Crippen LogP contribution in [-0.2, 0) is 24.5 Å². The zero-order chi connectivity index (χ0) is 19.9. The van der Waals surface area contributed by atoms with Crippen molar-refractivity contribution in [1.82, 2.24) is 19.6 Å². The van der Waals surface area contributed by atoms with Gasteiger partial charge in [0.05, 0.1) is 24.1 Å². The maximum atomic E-state index is 12.5. The van der Waals surface area contributed by atoms with E-state index in [0.717, 1.165) is 15.9 Å². The van der Waals surface area contributed by atoms with Crippen molar-refractivity contribution in [3.05, 3.63) is 47.9 Å². The number of anilines is 1. The van der Waals surface area contributed by atoms with E-state index in [1.807, 2.05) is 6.07 Å². The van der Waals surface area contributed by atoms with Gasteiger partial charge in [0.1, 0.15) is 18.9 Å². The lowest BCUT2D eigenvalue weighted by molar-refractivity contribution is -0.142. The molecule has 4 rings (SSSR count). The van der Waals surface area contributed by atoms with Crippen LogP contribution < -0.4 is 10.1 Å². The number of fused-ring (bicyclic) bond motifs is 2. The summed E-state index contributed by atoms with van der Waals surface area (Å²) < 4.78 is 45.9. The summed E-state index contributed by atoms with van der Waals surface area (Å²) in [4.78, 5) is 11.2. The molecule has 7 nitrogen and oxygen atoms in total. The molecule has 0 radical (unpaired) electrons. The molecule has 0 fully saturated rings. The summed E-state index contributed by atoms with van der Waals surface area (Å²) in [6.07, 6.45) is -1.64. The zero-order valence-electron chi connectivity index (χ0n) is 14.8. The van der Waals surface area contributed by atoms with Crippen LogP contribution in [0.5, 0.6) is 5.75 Å². The molecule has 3 heterocycles. The fourth-order valence-corrected chi connectivity index (χ4v) is 3.03. The van der Waals surface area contributed by atoms with Gasteiger partial charge in [0, 0.05) is 36.0 Å². The van der Waals surface area contributed by atoms with Crippen molar-refractivity contribution in [3.8, 4) is 17.0 Å². The number of hydrogen-bond acceptors (Lipinski definition) is 4. The second-order valence-electron chi connectivity index (χ2n) is 6.51. The molecule has 0 unspecified atom stereocenters. The summed E-state index contributed by atoms with van der Waals surface area (Å²) in [6, 6.07) is 7.15. The Hall–Kier alpha value is -3.30. The van der Waals surface area contributed by atoms with Crippen LogP contribution >= 0.6 is 0 Å². The Morgan fingerprint density at radius 3 is 2.89 bits per heavy atom. The molecule has 28 heavy (non-hydrogen) atoms. The summed E-state index contributed by atoms with van der Waals surface area (Å²) in [5.41, 5.74) is 3.35. The molecule has 0 atom stereocenters. The van der Waals surface area contributed by atoms with Crippen LogP contribution in [0.15, 0.2) is 36.7 Å². The Balaban J connectivity index is 1.57. The number of halogens is 3. The normalized spacial score (nSPS) is 13.3. The Kier molecular flexibility index (Phi) is 4.33. The van der Waals surface area contributed by atoms with Gasteiger partial charge in [0.25, 0.3) is 0 Å². The van der Waals surface area contributed by atoms with Gasteiger partial charge in [-0.05, 0) is 12.1 Å². The standard InChI is InChI=1S/C18H16F3N5O2/c1-11(27)23-14-3-2-12-8-26-15(9-28-17(12)4-14)5-16(24-26)13-6-22-25(7-13)10-18(19,20)21/h2-7H,8-10H2,1H3,(H,23,27). The van der Waals surface area contributed by atoms with Crippen molar-refractivity contribution >= 4 is 11.6 Å². The first-order valence-corrected chi connectivity index (χ1v) is 8.46. The van der Waals surface area contributed by atoms with Gasteiger partial charge >= 0.3 is 6.18 Å². The van der Waals surface area contributed by atoms with Crippen LogP contribution in [-0.4, -0.2) is 31.6 Å². The largest absolute Gasteiger partial charge is 0.487 e. The number of benzene rings is 1. The molecule has 0 aliphatic carbocycles. The lowest BCUT2D eigenvalue weighted by Gasteiger charge is -2.09. The monoisotopic (exact) mass is 391 g/mol. The van der Waals surface area contributed by atoms with Gasteiger partial charge in [-0.15, -0.1) is 0 Å². The van der Waals surface area contributed by atoms with E-state index in [0.29, 0.717) is 29.2 Å². The third-order valence-corrected chi connectivity index (χ3v) is 4.22. The average molecular weight is 391 g/mol. The van der Waals surface area contributed by atoms with Crippen LogP contribution in [0.1, 0.15) is 18.2 Å². The third-order valence-electron chi connectivity index (χ3n) is 4.22. The van der Waals surface area contributed by atoms with Gasteiger partial charge in [-0.1, -0.05) is 6.07 Å². The molecule has 146 valence electrons. The summed E-state index contributed by atoms with van der Waals surface area (Å²) in [5.74, 6) is 0.480. The first-order valence-electron chi connectivity index (χ1n) is 8.46. The Labute approximate surface area is 157 Å². The highest BCUT2D eigenvalue weighted by Gasteiger charge is 2.28. The van der Waals surface area contributed by atoms with E-state index in [1.54, 1.807) is 22.9 Å². The van der Waals surface area contributed by atoms with E-state index < -0.39 is 12.7 Å². The molecule has 0 saturated carbocycles. The Morgan fingerprint density at radius 1 is 1.32 bits per heavy atom. The second kappa shape index (κ2) is 6.70. The maximum Gasteiger partial charge on any atom is 0.408 e. The molecule has 0 spiro atoms. The van der Waals surface area contributed by atoms with E-state index in [9.17, 15) is 18.0 Å². The van der Waals surface area contributed by atoms with Gasteiger partial charge in [0.15, 0.2) is 0 Å². The minimum Gasteiger partial charge on any atom is -0.487 e. The molecular weight excluding hydrogens is 375 g/mol. The number of aromatic nitrogens is 4. The number of carbonyl (C=O) groups is 1. The van der Waals surface area contributed by atoms with Gasteiger partial charge in [-0.2, -0.15) is 23.4 Å². The zero-order valence-corrected chi connectivity index (χ0v) is 14.8. The van der Waals surface area contributed by atoms with Gasteiger partial charge in [-0.25, -0.2) is 0 Å². The molecule has 1 amide bonds. The number of rotatable bonds is 3. The van der Waals surface area contributed by atoms with Crippen LogP contribution in [0.2, 0.25) is 0 Å². The lowest BCUT2D eigenvalue weighted by Crippen LogP contribution is -2.17. The number of ether oxygens (including phenoxy) is 1. The molecular formula is C18H16F3N5O2. The van der Waals surface area contributed by atoms with Gasteiger partial charge in [0.2, 0.25) is 5.91 Å². The topological polar surface area (TPSA) is 74.0 Å². The first-order chi connectivity index (χ1) is 13.3. The van der Waals surface area contributed by atoms with Crippen LogP contribution in [0.3, 0.4) is 0 Å². The SMILES string of the molecule is CC(=O)Nc1ccc2c(c1)OCc1cc(-c3cnn(CC(F)(F)F)c3)nn1C2. The summed E-state index contributed by atoms with van der Waals surface area (Å²) in [7, 11) is 0. The number of nitrogens with one attached hydrogen (secondary N) is 1. The van der Waals surface area contributed by atoms with Gasteiger partial charge in [-0.3, -0.25) is 14.2 Å². The quantitative estimate of drug-likeness (QED) is 0.744. The molecule has 3 aromatic rings. The van der Waals surface area contributed by atoms with E-state index in [-0.39, 0.29) is 12.5 Å². The number of alkyl halides is 3. The Morgan fingerprint density at radius 2 is 2.14 bits per heavy atom. The molecule has 1 aliphatic rings. The molecule has 0 saturated heterocycles. The fraction of sp³-hybridized carbons (Fsp3) is 0.278. The van der Waals surface area contributed by atoms with Crippen molar-refractivity contribution in [1.29, 1.82) is 0 Å². The minimum absolute atomic E-state index is 0.169. The number of nitrogens with zero attached hydrogens (tertiary/aromatic N) is 4. The number of hydrogen-bond donors (Lipinski definition) is 1. The van der Waals surface area contributed by atoms with E-state index in [4.69, 9.17) is 4.74 Å². The van der Waals surface area contributed by atoms with Crippen molar-refractivity contribution in [2.45, 2.75) is 32.8 Å². The summed E-state index contributed by atoms with van der Waals surface area (Å²) in [5, 5.41) is 11.0. The third kappa shape index (κ3) is 3.85. The molecule has 2 aromatic heterocycles. The first kappa shape index (κ1) is 18.1. The van der Waals surface area contributed by atoms with E-state index >= 15 is 0 Å². The minimum atomic E-state index is -4.33. The van der Waals surface area contributed by atoms with E-state index in [1.165, 1.54) is 19.3 Å². The lowest BCUT2D eigenvalue weighted by atomic mass is 10.2. The van der Waals surface area contributed by atoms with Crippen molar-refractivity contribution in [2.75, 3.05) is 5.32 Å².